The third-order valence-corrected chi connectivity index (χ3v) is 5.52. The molecule has 0 saturated heterocycles. The summed E-state index contributed by atoms with van der Waals surface area (Å²) in [6.45, 7) is 3.20. The van der Waals surface area contributed by atoms with Gasteiger partial charge < -0.3 is 15.5 Å². The smallest absolute Gasteiger partial charge is 0.243 e. The number of aliphatic imine (C=N–C) groups is 1. The first-order valence-electron chi connectivity index (χ1n) is 8.85. The minimum Gasteiger partial charge on any atom is -0.354 e. The van der Waals surface area contributed by atoms with Crippen LogP contribution >= 0.6 is 35.3 Å². The Labute approximate surface area is 172 Å². The van der Waals surface area contributed by atoms with Crippen LogP contribution in [-0.2, 0) is 11.3 Å². The second-order valence-corrected chi connectivity index (χ2v) is 7.69. The Bertz CT molecular complexity index is 525. The Morgan fingerprint density at radius 1 is 1.32 bits per heavy atom. The highest BCUT2D eigenvalue weighted by Crippen LogP contribution is 2.26. The van der Waals surface area contributed by atoms with Crippen LogP contribution in [-0.4, -0.2) is 43.4 Å². The van der Waals surface area contributed by atoms with Crippen LogP contribution in [0.5, 0.6) is 0 Å². The molecule has 1 aromatic rings. The highest BCUT2D eigenvalue weighted by atomic mass is 127. The summed E-state index contributed by atoms with van der Waals surface area (Å²) >= 11 is 1.72. The minimum atomic E-state index is 0. The summed E-state index contributed by atoms with van der Waals surface area (Å²) in [5.41, 5.74) is 0. The fraction of sp³-hybridized carbons (Fsp3) is 0.667. The second-order valence-electron chi connectivity index (χ2n) is 6.66. The van der Waals surface area contributed by atoms with E-state index in [9.17, 15) is 4.79 Å². The molecule has 5 nitrogen and oxygen atoms in total. The molecule has 142 valence electrons. The second kappa shape index (κ2) is 11.7. The van der Waals surface area contributed by atoms with Crippen LogP contribution in [0.25, 0.3) is 0 Å². The lowest BCUT2D eigenvalue weighted by Crippen LogP contribution is -2.45. The van der Waals surface area contributed by atoms with Crippen molar-refractivity contribution in [3.63, 3.8) is 0 Å². The molecule has 0 spiro atoms. The number of amides is 1. The zero-order valence-electron chi connectivity index (χ0n) is 15.5. The van der Waals surface area contributed by atoms with Gasteiger partial charge in [-0.2, -0.15) is 0 Å². The van der Waals surface area contributed by atoms with Crippen LogP contribution in [0.1, 0.15) is 43.9 Å². The number of rotatable bonds is 6. The lowest BCUT2D eigenvalue weighted by atomic mass is 9.84. The van der Waals surface area contributed by atoms with Crippen molar-refractivity contribution in [3.8, 4) is 0 Å². The molecule has 1 amide bonds. The van der Waals surface area contributed by atoms with E-state index < -0.39 is 0 Å². The van der Waals surface area contributed by atoms with E-state index in [2.05, 4.69) is 34.0 Å². The number of carbonyl (C=O) groups is 1. The van der Waals surface area contributed by atoms with Crippen molar-refractivity contribution in [3.05, 3.63) is 22.4 Å². The van der Waals surface area contributed by atoms with E-state index in [0.29, 0.717) is 6.04 Å². The van der Waals surface area contributed by atoms with Gasteiger partial charge in [-0.3, -0.25) is 4.79 Å². The van der Waals surface area contributed by atoms with Crippen LogP contribution in [0.15, 0.2) is 22.5 Å². The lowest BCUT2D eigenvalue weighted by molar-refractivity contribution is -0.127. The standard InChI is InChI=1S/C18H30N4OS.HI/c1-4-14-7-9-15(10-8-14)21-18(20-13-17(23)22(2)3)19-12-16-6-5-11-24-16;/h5-6,11,14-15H,4,7-10,12-13H2,1-3H3,(H2,19,20,21);1H. The van der Waals surface area contributed by atoms with Crippen LogP contribution in [0.4, 0.5) is 0 Å². The normalized spacial score (nSPS) is 20.5. The average molecular weight is 478 g/mol. The predicted molar refractivity (Wildman–Crippen MR) is 117 cm³/mol. The minimum absolute atomic E-state index is 0. The van der Waals surface area contributed by atoms with Gasteiger partial charge in [-0.15, -0.1) is 35.3 Å². The van der Waals surface area contributed by atoms with E-state index in [0.717, 1.165) is 18.4 Å². The zero-order valence-corrected chi connectivity index (χ0v) is 18.6. The van der Waals surface area contributed by atoms with Crippen LogP contribution in [0, 0.1) is 5.92 Å². The summed E-state index contributed by atoms with van der Waals surface area (Å²) < 4.78 is 0. The molecule has 1 saturated carbocycles. The van der Waals surface area contributed by atoms with Gasteiger partial charge in [-0.25, -0.2) is 4.99 Å². The largest absolute Gasteiger partial charge is 0.354 e. The highest BCUT2D eigenvalue weighted by molar-refractivity contribution is 14.0. The number of hydrogen-bond donors (Lipinski definition) is 2. The zero-order chi connectivity index (χ0) is 17.4. The van der Waals surface area contributed by atoms with E-state index in [1.807, 2.05) is 6.07 Å². The maximum absolute atomic E-state index is 11.8. The summed E-state index contributed by atoms with van der Waals surface area (Å²) in [6.07, 6.45) is 6.20. The van der Waals surface area contributed by atoms with Crippen molar-refractivity contribution in [2.75, 3.05) is 20.6 Å². The van der Waals surface area contributed by atoms with Gasteiger partial charge >= 0.3 is 0 Å². The van der Waals surface area contributed by atoms with Gasteiger partial charge in [-0.05, 0) is 43.0 Å². The van der Waals surface area contributed by atoms with Gasteiger partial charge in [0.05, 0.1) is 6.54 Å². The number of thiophene rings is 1. The number of nitrogens with zero attached hydrogens (tertiary/aromatic N) is 2. The van der Waals surface area contributed by atoms with Gasteiger partial charge in [0.25, 0.3) is 0 Å². The highest BCUT2D eigenvalue weighted by Gasteiger charge is 2.20. The number of carbonyl (C=O) groups excluding carboxylic acids is 1. The summed E-state index contributed by atoms with van der Waals surface area (Å²) in [5, 5.41) is 8.97. The van der Waals surface area contributed by atoms with E-state index in [-0.39, 0.29) is 36.4 Å². The first kappa shape index (κ1) is 22.2. The molecule has 0 unspecified atom stereocenters. The molecule has 1 heterocycles. The fourth-order valence-corrected chi connectivity index (χ4v) is 3.58. The van der Waals surface area contributed by atoms with Gasteiger partial charge in [0.15, 0.2) is 5.96 Å². The SMILES string of the molecule is CCC1CCC(NC(=NCC(=O)N(C)C)NCc2cccs2)CC1.I. The molecule has 0 atom stereocenters. The summed E-state index contributed by atoms with van der Waals surface area (Å²) in [7, 11) is 3.52. The molecule has 2 N–H and O–H groups in total. The van der Waals surface area contributed by atoms with Gasteiger partial charge in [-0.1, -0.05) is 19.4 Å². The van der Waals surface area contributed by atoms with Gasteiger partial charge in [0.1, 0.15) is 6.54 Å². The Morgan fingerprint density at radius 2 is 2.04 bits per heavy atom. The Hall–Kier alpha value is -0.830. The molecular weight excluding hydrogens is 447 g/mol. The molecule has 1 aliphatic rings. The number of guanidine groups is 1. The fourth-order valence-electron chi connectivity index (χ4n) is 2.93. The number of likely N-dealkylation sites (N-methyl/N-ethyl adjacent to an activating group) is 1. The van der Waals surface area contributed by atoms with E-state index in [1.54, 1.807) is 30.3 Å². The molecule has 0 radical (unpaired) electrons. The Morgan fingerprint density at radius 3 is 2.60 bits per heavy atom. The molecule has 0 bridgehead atoms. The third-order valence-electron chi connectivity index (χ3n) is 4.65. The molecule has 25 heavy (non-hydrogen) atoms. The molecule has 1 aromatic heterocycles. The predicted octanol–water partition coefficient (Wildman–Crippen LogP) is 3.46. The van der Waals surface area contributed by atoms with Crippen molar-refractivity contribution in [1.29, 1.82) is 0 Å². The average Bonchev–Trinajstić information content (AvgIpc) is 3.11. The lowest BCUT2D eigenvalue weighted by Gasteiger charge is -2.29. The van der Waals surface area contributed by atoms with Gasteiger partial charge in [0, 0.05) is 25.0 Å². The van der Waals surface area contributed by atoms with E-state index in [1.165, 1.54) is 37.0 Å². The Balaban J connectivity index is 0.00000312. The molecule has 1 aliphatic carbocycles. The quantitative estimate of drug-likeness (QED) is 0.374. The molecular formula is C18H31IN4OS. The molecule has 1 fully saturated rings. The first-order chi connectivity index (χ1) is 11.6. The van der Waals surface area contributed by atoms with Crippen LogP contribution < -0.4 is 10.6 Å². The maximum atomic E-state index is 11.8. The van der Waals surface area contributed by atoms with Crippen LogP contribution in [0.2, 0.25) is 0 Å². The monoisotopic (exact) mass is 478 g/mol. The van der Waals surface area contributed by atoms with Crippen molar-refractivity contribution >= 4 is 47.2 Å². The molecule has 0 aliphatic heterocycles. The van der Waals surface area contributed by atoms with E-state index >= 15 is 0 Å². The summed E-state index contributed by atoms with van der Waals surface area (Å²) in [5.74, 6) is 1.64. The van der Waals surface area contributed by atoms with E-state index in [4.69, 9.17) is 0 Å². The Kier molecular flexibility index (Phi) is 10.4. The number of hydrogen-bond acceptors (Lipinski definition) is 3. The topological polar surface area (TPSA) is 56.7 Å². The number of nitrogens with one attached hydrogen (secondary N) is 2. The molecule has 2 rings (SSSR count). The third kappa shape index (κ3) is 7.94. The van der Waals surface area contributed by atoms with Crippen molar-refractivity contribution in [2.24, 2.45) is 10.9 Å². The van der Waals surface area contributed by atoms with Crippen LogP contribution in [0.3, 0.4) is 0 Å². The first-order valence-corrected chi connectivity index (χ1v) is 9.73. The van der Waals surface area contributed by atoms with Gasteiger partial charge in [0.2, 0.25) is 5.91 Å². The number of halogens is 1. The maximum Gasteiger partial charge on any atom is 0.243 e. The summed E-state index contributed by atoms with van der Waals surface area (Å²) in [4.78, 5) is 19.1. The molecule has 7 heteroatoms. The molecule has 0 aromatic carbocycles. The van der Waals surface area contributed by atoms with Crippen molar-refractivity contribution < 1.29 is 4.79 Å². The van der Waals surface area contributed by atoms with Crippen molar-refractivity contribution in [2.45, 2.75) is 51.6 Å². The van der Waals surface area contributed by atoms with Crippen molar-refractivity contribution in [1.82, 2.24) is 15.5 Å². The summed E-state index contributed by atoms with van der Waals surface area (Å²) in [6, 6.07) is 4.61.